The molecule has 0 atom stereocenters. The van der Waals surface area contributed by atoms with Gasteiger partial charge in [0.25, 0.3) is 0 Å². The fourth-order valence-electron chi connectivity index (χ4n) is 1.57. The lowest BCUT2D eigenvalue weighted by molar-refractivity contribution is -0.120. The molecule has 20 heavy (non-hydrogen) atoms. The Balaban J connectivity index is 1.85. The van der Waals surface area contributed by atoms with Crippen LogP contribution in [0, 0.1) is 0 Å². The molecule has 0 aromatic heterocycles. The van der Waals surface area contributed by atoms with E-state index in [9.17, 15) is 4.79 Å². The molecular weight excluding hydrogens is 276 g/mol. The first-order valence-electron chi connectivity index (χ1n) is 5.99. The van der Waals surface area contributed by atoms with Crippen LogP contribution in [0.3, 0.4) is 0 Å². The largest absolute Gasteiger partial charge is 0.508 e. The van der Waals surface area contributed by atoms with Gasteiger partial charge in [-0.1, -0.05) is 23.7 Å². The van der Waals surface area contributed by atoms with Crippen LogP contribution in [0.2, 0.25) is 5.02 Å². The first kappa shape index (κ1) is 14.1. The number of halogens is 1. The molecule has 0 bridgehead atoms. The number of hydrazone groups is 1. The van der Waals surface area contributed by atoms with E-state index in [1.165, 1.54) is 6.21 Å². The van der Waals surface area contributed by atoms with Gasteiger partial charge in [0, 0.05) is 5.02 Å². The van der Waals surface area contributed by atoms with E-state index < -0.39 is 0 Å². The molecule has 1 amide bonds. The van der Waals surface area contributed by atoms with E-state index in [0.717, 1.165) is 11.1 Å². The second-order valence-corrected chi connectivity index (χ2v) is 4.62. The van der Waals surface area contributed by atoms with E-state index >= 15 is 0 Å². The number of hydrogen-bond acceptors (Lipinski definition) is 3. The number of nitrogens with zero attached hydrogens (tertiary/aromatic N) is 1. The molecule has 4 nitrogen and oxygen atoms in total. The predicted molar refractivity (Wildman–Crippen MR) is 79.0 cm³/mol. The fraction of sp³-hybridized carbons (Fsp3) is 0.0667. The number of phenolic OH excluding ortho intramolecular Hbond substituents is 1. The molecule has 0 heterocycles. The van der Waals surface area contributed by atoms with Crippen molar-refractivity contribution in [2.75, 3.05) is 0 Å². The lowest BCUT2D eigenvalue weighted by atomic mass is 10.1. The Labute approximate surface area is 121 Å². The van der Waals surface area contributed by atoms with Crippen molar-refractivity contribution < 1.29 is 9.90 Å². The average Bonchev–Trinajstić information content (AvgIpc) is 2.44. The highest BCUT2D eigenvalue weighted by atomic mass is 35.5. The van der Waals surface area contributed by atoms with Gasteiger partial charge in [-0.25, -0.2) is 5.43 Å². The Hall–Kier alpha value is -2.33. The zero-order valence-electron chi connectivity index (χ0n) is 10.6. The van der Waals surface area contributed by atoms with Crippen molar-refractivity contribution >= 4 is 23.7 Å². The van der Waals surface area contributed by atoms with Crippen molar-refractivity contribution in [3.05, 3.63) is 64.7 Å². The third kappa shape index (κ3) is 4.40. The van der Waals surface area contributed by atoms with Crippen molar-refractivity contribution in [1.82, 2.24) is 5.43 Å². The van der Waals surface area contributed by atoms with Crippen molar-refractivity contribution in [3.8, 4) is 5.75 Å². The molecule has 0 radical (unpaired) electrons. The molecule has 0 aliphatic rings. The summed E-state index contributed by atoms with van der Waals surface area (Å²) in [6, 6.07) is 13.6. The molecule has 5 heteroatoms. The Morgan fingerprint density at radius 1 is 1.15 bits per heavy atom. The van der Waals surface area contributed by atoms with Crippen LogP contribution in [0.1, 0.15) is 11.1 Å². The number of amides is 1. The number of hydrogen-bond donors (Lipinski definition) is 2. The highest BCUT2D eigenvalue weighted by Crippen LogP contribution is 2.10. The van der Waals surface area contributed by atoms with E-state index in [-0.39, 0.29) is 18.1 Å². The van der Waals surface area contributed by atoms with Crippen LogP contribution in [0.4, 0.5) is 0 Å². The molecule has 2 aromatic rings. The van der Waals surface area contributed by atoms with Gasteiger partial charge in [0.05, 0.1) is 12.6 Å². The van der Waals surface area contributed by atoms with Crippen molar-refractivity contribution in [3.63, 3.8) is 0 Å². The van der Waals surface area contributed by atoms with E-state index in [0.29, 0.717) is 5.02 Å². The minimum absolute atomic E-state index is 0.189. The molecule has 2 rings (SSSR count). The summed E-state index contributed by atoms with van der Waals surface area (Å²) in [4.78, 5) is 11.6. The molecule has 2 aromatic carbocycles. The maximum atomic E-state index is 11.6. The van der Waals surface area contributed by atoms with Gasteiger partial charge in [-0.3, -0.25) is 4.79 Å². The quantitative estimate of drug-likeness (QED) is 0.671. The third-order valence-corrected chi connectivity index (χ3v) is 2.83. The molecule has 0 saturated heterocycles. The first-order chi connectivity index (χ1) is 9.63. The highest BCUT2D eigenvalue weighted by molar-refractivity contribution is 6.30. The Bertz CT molecular complexity index is 607. The van der Waals surface area contributed by atoms with Crippen LogP contribution in [0.15, 0.2) is 53.6 Å². The normalized spacial score (nSPS) is 10.7. The van der Waals surface area contributed by atoms with E-state index in [1.807, 2.05) is 0 Å². The van der Waals surface area contributed by atoms with Crippen molar-refractivity contribution in [2.45, 2.75) is 6.42 Å². The van der Waals surface area contributed by atoms with Gasteiger partial charge in [-0.05, 0) is 47.5 Å². The van der Waals surface area contributed by atoms with Crippen molar-refractivity contribution in [1.29, 1.82) is 0 Å². The number of carbonyl (C=O) groups is 1. The zero-order chi connectivity index (χ0) is 14.4. The number of phenols is 1. The maximum absolute atomic E-state index is 11.6. The lowest BCUT2D eigenvalue weighted by Crippen LogP contribution is -2.19. The topological polar surface area (TPSA) is 61.7 Å². The summed E-state index contributed by atoms with van der Waals surface area (Å²) in [7, 11) is 0. The summed E-state index contributed by atoms with van der Waals surface area (Å²) in [5.74, 6) is -0.0173. The molecule has 0 spiro atoms. The Morgan fingerprint density at radius 2 is 1.80 bits per heavy atom. The fourth-order valence-corrected chi connectivity index (χ4v) is 1.69. The van der Waals surface area contributed by atoms with E-state index in [2.05, 4.69) is 10.5 Å². The second-order valence-electron chi connectivity index (χ2n) is 4.19. The van der Waals surface area contributed by atoms with Crippen LogP contribution in [0.25, 0.3) is 0 Å². The van der Waals surface area contributed by atoms with E-state index in [1.54, 1.807) is 48.5 Å². The number of carbonyl (C=O) groups excluding carboxylic acids is 1. The van der Waals surface area contributed by atoms with E-state index in [4.69, 9.17) is 16.7 Å². The lowest BCUT2D eigenvalue weighted by Gasteiger charge is -2.00. The molecule has 0 fully saturated rings. The molecule has 0 unspecified atom stereocenters. The van der Waals surface area contributed by atoms with Crippen LogP contribution < -0.4 is 5.43 Å². The van der Waals surface area contributed by atoms with Gasteiger partial charge in [0.2, 0.25) is 5.91 Å². The van der Waals surface area contributed by atoms with Crippen LogP contribution >= 0.6 is 11.6 Å². The maximum Gasteiger partial charge on any atom is 0.244 e. The monoisotopic (exact) mass is 288 g/mol. The SMILES string of the molecule is O=C(Cc1ccc(Cl)cc1)NN=Cc1ccc(O)cc1. The van der Waals surface area contributed by atoms with Crippen LogP contribution in [0.5, 0.6) is 5.75 Å². The number of benzene rings is 2. The summed E-state index contributed by atoms with van der Waals surface area (Å²) in [5, 5.41) is 13.6. The second kappa shape index (κ2) is 6.73. The van der Waals surface area contributed by atoms with Crippen molar-refractivity contribution in [2.24, 2.45) is 5.10 Å². The molecule has 0 saturated carbocycles. The average molecular weight is 289 g/mol. The van der Waals surface area contributed by atoms with Gasteiger partial charge >= 0.3 is 0 Å². The summed E-state index contributed by atoms with van der Waals surface area (Å²) in [6.45, 7) is 0. The van der Waals surface area contributed by atoms with Gasteiger partial charge in [-0.2, -0.15) is 5.10 Å². The number of rotatable bonds is 4. The van der Waals surface area contributed by atoms with Gasteiger partial charge in [0.15, 0.2) is 0 Å². The highest BCUT2D eigenvalue weighted by Gasteiger charge is 2.01. The third-order valence-electron chi connectivity index (χ3n) is 2.57. The molecule has 102 valence electrons. The number of nitrogens with one attached hydrogen (secondary N) is 1. The van der Waals surface area contributed by atoms with Crippen LogP contribution in [-0.2, 0) is 11.2 Å². The molecular formula is C15H13ClN2O2. The first-order valence-corrected chi connectivity index (χ1v) is 6.36. The molecule has 0 aliphatic carbocycles. The summed E-state index contributed by atoms with van der Waals surface area (Å²) < 4.78 is 0. The Kier molecular flexibility index (Phi) is 4.74. The van der Waals surface area contributed by atoms with Gasteiger partial charge in [-0.15, -0.1) is 0 Å². The van der Waals surface area contributed by atoms with Gasteiger partial charge in [0.1, 0.15) is 5.75 Å². The summed E-state index contributed by atoms with van der Waals surface area (Å²) >= 11 is 5.77. The minimum Gasteiger partial charge on any atom is -0.508 e. The Morgan fingerprint density at radius 3 is 2.45 bits per heavy atom. The smallest absolute Gasteiger partial charge is 0.244 e. The summed E-state index contributed by atoms with van der Waals surface area (Å²) in [6.07, 6.45) is 1.75. The standard InChI is InChI=1S/C15H13ClN2O2/c16-13-5-1-11(2-6-13)9-15(20)18-17-10-12-3-7-14(19)8-4-12/h1-8,10,19H,9H2,(H,18,20). The zero-order valence-corrected chi connectivity index (χ0v) is 11.3. The van der Waals surface area contributed by atoms with Crippen LogP contribution in [-0.4, -0.2) is 17.2 Å². The van der Waals surface area contributed by atoms with Gasteiger partial charge < -0.3 is 5.11 Å². The molecule has 0 aliphatic heterocycles. The molecule has 2 N–H and O–H groups in total. The number of aromatic hydroxyl groups is 1. The predicted octanol–water partition coefficient (Wildman–Crippen LogP) is 2.74. The minimum atomic E-state index is -0.206. The summed E-state index contributed by atoms with van der Waals surface area (Å²) in [5.41, 5.74) is 4.10.